The number of rotatable bonds is 1. The minimum absolute atomic E-state index is 0.148. The van der Waals surface area contributed by atoms with E-state index in [1.54, 1.807) is 18.3 Å². The van der Waals surface area contributed by atoms with Gasteiger partial charge in [0.1, 0.15) is 17.5 Å². The molecule has 1 N–H and O–H groups in total. The van der Waals surface area contributed by atoms with Crippen molar-refractivity contribution in [1.29, 1.82) is 0 Å². The van der Waals surface area contributed by atoms with Crippen LogP contribution in [0, 0.1) is 11.6 Å². The highest BCUT2D eigenvalue weighted by atomic mass is 19.1. The molecule has 0 atom stereocenters. The van der Waals surface area contributed by atoms with Gasteiger partial charge in [-0.3, -0.25) is 0 Å². The first-order valence-electron chi connectivity index (χ1n) is 5.01. The maximum atomic E-state index is 13.5. The second-order valence-electron chi connectivity index (χ2n) is 3.56. The highest BCUT2D eigenvalue weighted by Gasteiger charge is 2.14. The predicted molar refractivity (Wildman–Crippen MR) is 59.2 cm³/mol. The molecule has 3 nitrogen and oxygen atoms in total. The molecule has 0 aliphatic heterocycles. The number of benzene rings is 1. The Morgan fingerprint density at radius 1 is 1.00 bits per heavy atom. The van der Waals surface area contributed by atoms with Crippen LogP contribution < -0.4 is 0 Å². The van der Waals surface area contributed by atoms with Crippen molar-refractivity contribution in [3.63, 3.8) is 0 Å². The minimum Gasteiger partial charge on any atom is -0.336 e. The van der Waals surface area contributed by atoms with Crippen molar-refractivity contribution in [2.24, 2.45) is 0 Å². The van der Waals surface area contributed by atoms with Crippen LogP contribution in [0.15, 0.2) is 36.5 Å². The number of H-pyrrole nitrogens is 1. The molecular formula is C12H7F2N3. The van der Waals surface area contributed by atoms with Gasteiger partial charge in [-0.15, -0.1) is 0 Å². The van der Waals surface area contributed by atoms with Crippen LogP contribution in [0.4, 0.5) is 8.78 Å². The molecule has 17 heavy (non-hydrogen) atoms. The smallest absolute Gasteiger partial charge is 0.178 e. The van der Waals surface area contributed by atoms with E-state index < -0.39 is 11.6 Å². The Morgan fingerprint density at radius 2 is 1.76 bits per heavy atom. The number of aromatic amines is 1. The largest absolute Gasteiger partial charge is 0.336 e. The van der Waals surface area contributed by atoms with Crippen molar-refractivity contribution in [2.45, 2.75) is 0 Å². The number of nitrogens with one attached hydrogen (secondary N) is 1. The van der Waals surface area contributed by atoms with Crippen LogP contribution in [0.5, 0.6) is 0 Å². The zero-order valence-electron chi connectivity index (χ0n) is 8.61. The molecule has 5 heteroatoms. The topological polar surface area (TPSA) is 41.6 Å². The van der Waals surface area contributed by atoms with Gasteiger partial charge < -0.3 is 4.98 Å². The zero-order chi connectivity index (χ0) is 11.8. The van der Waals surface area contributed by atoms with Crippen LogP contribution in [0.1, 0.15) is 0 Å². The van der Waals surface area contributed by atoms with Crippen LogP contribution in [0.3, 0.4) is 0 Å². The van der Waals surface area contributed by atoms with E-state index in [0.717, 1.165) is 0 Å². The Kier molecular flexibility index (Phi) is 2.11. The molecule has 2 heterocycles. The highest BCUT2D eigenvalue weighted by Crippen LogP contribution is 2.24. The highest BCUT2D eigenvalue weighted by molar-refractivity contribution is 5.75. The van der Waals surface area contributed by atoms with Gasteiger partial charge in [0.15, 0.2) is 5.65 Å². The Bertz CT molecular complexity index is 638. The summed E-state index contributed by atoms with van der Waals surface area (Å²) < 4.78 is 27.1. The second kappa shape index (κ2) is 3.62. The van der Waals surface area contributed by atoms with Gasteiger partial charge in [0.25, 0.3) is 0 Å². The number of hydrogen-bond donors (Lipinski definition) is 1. The fraction of sp³-hybridized carbons (Fsp3) is 0. The van der Waals surface area contributed by atoms with E-state index in [9.17, 15) is 8.78 Å². The molecule has 3 aromatic rings. The number of nitrogens with zero attached hydrogens (tertiary/aromatic N) is 2. The van der Waals surface area contributed by atoms with Crippen LogP contribution in [0.25, 0.3) is 22.6 Å². The molecule has 0 bridgehead atoms. The average molecular weight is 231 g/mol. The fourth-order valence-electron chi connectivity index (χ4n) is 1.69. The quantitative estimate of drug-likeness (QED) is 0.699. The third-order valence-electron chi connectivity index (χ3n) is 2.46. The number of hydrogen-bond acceptors (Lipinski definition) is 2. The molecule has 0 aliphatic carbocycles. The number of halogens is 2. The molecule has 1 aromatic carbocycles. The van der Waals surface area contributed by atoms with Gasteiger partial charge in [-0.25, -0.2) is 18.7 Å². The Morgan fingerprint density at radius 3 is 2.47 bits per heavy atom. The van der Waals surface area contributed by atoms with Gasteiger partial charge in [-0.1, -0.05) is 6.07 Å². The maximum Gasteiger partial charge on any atom is 0.178 e. The fourth-order valence-corrected chi connectivity index (χ4v) is 1.69. The van der Waals surface area contributed by atoms with E-state index in [1.807, 2.05) is 0 Å². The van der Waals surface area contributed by atoms with Crippen molar-refractivity contribution in [1.82, 2.24) is 15.0 Å². The third-order valence-corrected chi connectivity index (χ3v) is 2.46. The Balaban J connectivity index is 2.27. The van der Waals surface area contributed by atoms with E-state index in [-0.39, 0.29) is 11.4 Å². The first-order chi connectivity index (χ1) is 8.25. The van der Waals surface area contributed by atoms with Gasteiger partial charge in [0, 0.05) is 6.20 Å². The van der Waals surface area contributed by atoms with Gasteiger partial charge >= 0.3 is 0 Å². The predicted octanol–water partition coefficient (Wildman–Crippen LogP) is 2.90. The van der Waals surface area contributed by atoms with E-state index in [0.29, 0.717) is 11.2 Å². The first kappa shape index (κ1) is 9.89. The molecule has 0 unspecified atom stereocenters. The summed E-state index contributed by atoms with van der Waals surface area (Å²) >= 11 is 0. The molecule has 0 aliphatic rings. The van der Waals surface area contributed by atoms with E-state index in [2.05, 4.69) is 15.0 Å². The normalized spacial score (nSPS) is 10.9. The number of fused-ring (bicyclic) bond motifs is 1. The van der Waals surface area contributed by atoms with E-state index >= 15 is 0 Å². The molecule has 0 fully saturated rings. The Hall–Kier alpha value is -2.30. The van der Waals surface area contributed by atoms with Crippen LogP contribution in [0.2, 0.25) is 0 Å². The van der Waals surface area contributed by atoms with Gasteiger partial charge in [-0.2, -0.15) is 0 Å². The van der Waals surface area contributed by atoms with Gasteiger partial charge in [-0.05, 0) is 24.3 Å². The molecule has 0 saturated heterocycles. The number of aromatic nitrogens is 3. The zero-order valence-corrected chi connectivity index (χ0v) is 8.61. The third kappa shape index (κ3) is 1.56. The van der Waals surface area contributed by atoms with Gasteiger partial charge in [0.2, 0.25) is 0 Å². The van der Waals surface area contributed by atoms with Crippen molar-refractivity contribution < 1.29 is 8.78 Å². The molecule has 84 valence electrons. The lowest BCUT2D eigenvalue weighted by atomic mass is 10.2. The lowest BCUT2D eigenvalue weighted by molar-refractivity contribution is 0.588. The standard InChI is InChI=1S/C12H7F2N3/c13-7-3-1-4-8(14)10(7)12-16-9-5-2-6-15-11(9)17-12/h1-6H,(H,15,16,17). The molecule has 3 rings (SSSR count). The summed E-state index contributed by atoms with van der Waals surface area (Å²) in [7, 11) is 0. The van der Waals surface area contributed by atoms with Crippen molar-refractivity contribution in [3.05, 3.63) is 48.2 Å². The summed E-state index contributed by atoms with van der Waals surface area (Å²) in [6.45, 7) is 0. The van der Waals surface area contributed by atoms with Crippen LogP contribution in [-0.4, -0.2) is 15.0 Å². The average Bonchev–Trinajstić information content (AvgIpc) is 2.71. The molecule has 0 saturated carbocycles. The molecule has 0 amide bonds. The summed E-state index contributed by atoms with van der Waals surface area (Å²) in [5, 5.41) is 0. The number of pyridine rings is 1. The second-order valence-corrected chi connectivity index (χ2v) is 3.56. The molecule has 0 spiro atoms. The molecule has 2 aromatic heterocycles. The SMILES string of the molecule is Fc1cccc(F)c1-c1nc2ncccc2[nH]1. The van der Waals surface area contributed by atoms with Crippen LogP contribution >= 0.6 is 0 Å². The van der Waals surface area contributed by atoms with Crippen LogP contribution in [-0.2, 0) is 0 Å². The number of imidazole rings is 1. The molecular weight excluding hydrogens is 224 g/mol. The summed E-state index contributed by atoms with van der Waals surface area (Å²) in [6.07, 6.45) is 1.57. The summed E-state index contributed by atoms with van der Waals surface area (Å²) in [5.74, 6) is -1.15. The molecule has 0 radical (unpaired) electrons. The lowest BCUT2D eigenvalue weighted by Crippen LogP contribution is -1.91. The van der Waals surface area contributed by atoms with Gasteiger partial charge in [0.05, 0.1) is 11.1 Å². The van der Waals surface area contributed by atoms with E-state index in [1.165, 1.54) is 18.2 Å². The van der Waals surface area contributed by atoms with E-state index in [4.69, 9.17) is 0 Å². The van der Waals surface area contributed by atoms with Crippen molar-refractivity contribution in [3.8, 4) is 11.4 Å². The summed E-state index contributed by atoms with van der Waals surface area (Å²) in [6, 6.07) is 7.17. The van der Waals surface area contributed by atoms with Crippen molar-refractivity contribution >= 4 is 11.2 Å². The summed E-state index contributed by atoms with van der Waals surface area (Å²) in [4.78, 5) is 10.9. The summed E-state index contributed by atoms with van der Waals surface area (Å²) in [5.41, 5.74) is 0.917. The first-order valence-corrected chi connectivity index (χ1v) is 5.01. The monoisotopic (exact) mass is 231 g/mol. The minimum atomic E-state index is -0.649. The Labute approximate surface area is 95.1 Å². The maximum absolute atomic E-state index is 13.5. The lowest BCUT2D eigenvalue weighted by Gasteiger charge is -1.99. The van der Waals surface area contributed by atoms with Crippen molar-refractivity contribution in [2.75, 3.05) is 0 Å².